The molecule has 8 nitrogen and oxygen atoms in total. The lowest BCUT2D eigenvalue weighted by atomic mass is 10.1. The number of carboxylic acid groups (broad SMARTS) is 1. The Labute approximate surface area is 141 Å². The third-order valence-corrected chi connectivity index (χ3v) is 3.60. The summed E-state index contributed by atoms with van der Waals surface area (Å²) >= 11 is 0. The zero-order valence-corrected chi connectivity index (χ0v) is 12.9. The second kappa shape index (κ2) is 6.08. The Hall–Kier alpha value is -3.68. The number of likely N-dealkylation sites (N-methyl/N-ethyl adjacent to an activating group) is 1. The van der Waals surface area contributed by atoms with Crippen molar-refractivity contribution in [1.82, 2.24) is 10.2 Å². The number of nitrogens with one attached hydrogen (secondary N) is 1. The van der Waals surface area contributed by atoms with Crippen molar-refractivity contribution in [3.8, 4) is 11.3 Å². The maximum absolute atomic E-state index is 12.0. The number of urea groups is 1. The number of carbonyl (C=O) groups excluding carboxylic acids is 4. The first-order valence-corrected chi connectivity index (χ1v) is 7.13. The maximum Gasteiger partial charge on any atom is 0.331 e. The summed E-state index contributed by atoms with van der Waals surface area (Å²) < 4.78 is 5.54. The first-order chi connectivity index (χ1) is 11.9. The lowest BCUT2D eigenvalue weighted by Crippen LogP contribution is -2.52. The highest BCUT2D eigenvalue weighted by Gasteiger charge is 2.33. The van der Waals surface area contributed by atoms with E-state index in [1.807, 2.05) is 5.32 Å². The summed E-state index contributed by atoms with van der Waals surface area (Å²) in [6.45, 7) is 0. The molecule has 1 aromatic carbocycles. The number of hydrogen-bond donors (Lipinski definition) is 1. The third-order valence-electron chi connectivity index (χ3n) is 3.60. The van der Waals surface area contributed by atoms with Crippen molar-refractivity contribution in [3.63, 3.8) is 0 Å². The van der Waals surface area contributed by atoms with Crippen molar-refractivity contribution in [2.75, 3.05) is 7.05 Å². The molecule has 1 saturated heterocycles. The molecule has 1 aromatic heterocycles. The first kappa shape index (κ1) is 16.2. The van der Waals surface area contributed by atoms with Gasteiger partial charge in [-0.25, -0.2) is 4.79 Å². The normalized spacial score (nSPS) is 16.3. The molecule has 8 heteroatoms. The van der Waals surface area contributed by atoms with Crippen LogP contribution in [-0.2, 0) is 9.59 Å². The second-order valence-corrected chi connectivity index (χ2v) is 5.25. The number of benzene rings is 1. The third kappa shape index (κ3) is 3.05. The van der Waals surface area contributed by atoms with Crippen LogP contribution in [0, 0.1) is 0 Å². The predicted molar refractivity (Wildman–Crippen MR) is 82.8 cm³/mol. The Balaban J connectivity index is 1.93. The number of carbonyl (C=O) groups is 4. The Kier molecular flexibility index (Phi) is 3.94. The summed E-state index contributed by atoms with van der Waals surface area (Å²) in [4.78, 5) is 46.9. The van der Waals surface area contributed by atoms with Crippen LogP contribution in [-0.4, -0.2) is 35.8 Å². The monoisotopic (exact) mass is 339 g/mol. The van der Waals surface area contributed by atoms with Gasteiger partial charge in [0.25, 0.3) is 11.8 Å². The first-order valence-electron chi connectivity index (χ1n) is 7.13. The fraction of sp³-hybridized carbons (Fsp3) is 0.0588. The molecule has 0 bridgehead atoms. The minimum absolute atomic E-state index is 0.00391. The van der Waals surface area contributed by atoms with Crippen LogP contribution in [0.3, 0.4) is 0 Å². The molecule has 126 valence electrons. The van der Waals surface area contributed by atoms with Gasteiger partial charge in [-0.15, -0.1) is 0 Å². The molecule has 1 aliphatic heterocycles. The van der Waals surface area contributed by atoms with Gasteiger partial charge in [0.15, 0.2) is 0 Å². The lowest BCUT2D eigenvalue weighted by molar-refractivity contribution is -0.255. The number of hydrogen-bond acceptors (Lipinski definition) is 6. The molecule has 0 atom stereocenters. The minimum atomic E-state index is -1.31. The average molecular weight is 339 g/mol. The highest BCUT2D eigenvalue weighted by atomic mass is 16.4. The zero-order chi connectivity index (χ0) is 18.1. The number of amides is 4. The molecule has 0 spiro atoms. The maximum atomic E-state index is 12.0. The van der Waals surface area contributed by atoms with E-state index in [0.717, 1.165) is 4.90 Å². The molecule has 3 rings (SSSR count). The topological polar surface area (TPSA) is 120 Å². The van der Waals surface area contributed by atoms with Crippen molar-refractivity contribution in [2.45, 2.75) is 0 Å². The van der Waals surface area contributed by atoms with Crippen LogP contribution in [0.25, 0.3) is 17.4 Å². The van der Waals surface area contributed by atoms with Crippen molar-refractivity contribution in [1.29, 1.82) is 0 Å². The van der Waals surface area contributed by atoms with Crippen molar-refractivity contribution in [2.24, 2.45) is 0 Å². The van der Waals surface area contributed by atoms with E-state index in [1.165, 1.54) is 31.3 Å². The molecule has 1 N–H and O–H groups in total. The van der Waals surface area contributed by atoms with E-state index in [2.05, 4.69) is 0 Å². The molecule has 1 aliphatic rings. The van der Waals surface area contributed by atoms with Gasteiger partial charge in [-0.05, 0) is 29.8 Å². The summed E-state index contributed by atoms with van der Waals surface area (Å²) in [5, 5.41) is 12.9. The average Bonchev–Trinajstić information content (AvgIpc) is 3.05. The summed E-state index contributed by atoms with van der Waals surface area (Å²) in [6, 6.07) is 8.25. The number of furan rings is 1. The summed E-state index contributed by atoms with van der Waals surface area (Å²) in [7, 11) is 1.25. The van der Waals surface area contributed by atoms with E-state index < -0.39 is 23.8 Å². The smallest absolute Gasteiger partial charge is 0.331 e. The molecule has 0 radical (unpaired) electrons. The lowest BCUT2D eigenvalue weighted by Gasteiger charge is -2.21. The van der Waals surface area contributed by atoms with Crippen LogP contribution >= 0.6 is 0 Å². The van der Waals surface area contributed by atoms with E-state index in [4.69, 9.17) is 4.42 Å². The van der Waals surface area contributed by atoms with Gasteiger partial charge in [0.2, 0.25) is 0 Å². The number of rotatable bonds is 3. The SMILES string of the molecule is CN1C(=O)NC(=O)/C(=C\c2ccc(-c3cccc(C(=O)[O-])c3)o2)C1=O. The van der Waals surface area contributed by atoms with Gasteiger partial charge in [-0.2, -0.15) is 0 Å². The number of carboxylic acids is 1. The highest BCUT2D eigenvalue weighted by molar-refractivity contribution is 6.30. The zero-order valence-electron chi connectivity index (χ0n) is 12.9. The standard InChI is InChI=1S/C17H12N2O6/c1-19-15(21)12(14(20)18-17(19)24)8-11-5-6-13(25-11)9-3-2-4-10(7-9)16(22)23/h2-8H,1H3,(H,22,23)(H,18,20,24)/p-1/b12-8+. The molecule has 2 aromatic rings. The van der Waals surface area contributed by atoms with E-state index in [0.29, 0.717) is 11.3 Å². The number of nitrogens with zero attached hydrogens (tertiary/aromatic N) is 1. The van der Waals surface area contributed by atoms with Gasteiger partial charge >= 0.3 is 6.03 Å². The number of aromatic carboxylic acids is 1. The van der Waals surface area contributed by atoms with E-state index in [1.54, 1.807) is 18.2 Å². The predicted octanol–water partition coefficient (Wildman–Crippen LogP) is 0.402. The van der Waals surface area contributed by atoms with Gasteiger partial charge < -0.3 is 14.3 Å². The molecule has 0 aliphatic carbocycles. The highest BCUT2D eigenvalue weighted by Crippen LogP contribution is 2.25. The second-order valence-electron chi connectivity index (χ2n) is 5.25. The van der Waals surface area contributed by atoms with Crippen molar-refractivity contribution < 1.29 is 28.7 Å². The molecule has 0 unspecified atom stereocenters. The Morgan fingerprint density at radius 2 is 1.96 bits per heavy atom. The molecule has 1 fully saturated rings. The molecular weight excluding hydrogens is 328 g/mol. The van der Waals surface area contributed by atoms with Crippen LogP contribution in [0.15, 0.2) is 46.4 Å². The van der Waals surface area contributed by atoms with Gasteiger partial charge in [-0.3, -0.25) is 19.8 Å². The Bertz CT molecular complexity index is 940. The number of barbiturate groups is 1. The summed E-state index contributed by atoms with van der Waals surface area (Å²) in [5.41, 5.74) is 0.250. The van der Waals surface area contributed by atoms with Gasteiger partial charge in [0.05, 0.1) is 5.97 Å². The Morgan fingerprint density at radius 1 is 1.20 bits per heavy atom. The largest absolute Gasteiger partial charge is 0.545 e. The van der Waals surface area contributed by atoms with E-state index >= 15 is 0 Å². The molecule has 2 heterocycles. The fourth-order valence-electron chi connectivity index (χ4n) is 2.27. The summed E-state index contributed by atoms with van der Waals surface area (Å²) in [6.07, 6.45) is 1.21. The minimum Gasteiger partial charge on any atom is -0.545 e. The van der Waals surface area contributed by atoms with Gasteiger partial charge in [0.1, 0.15) is 17.1 Å². The van der Waals surface area contributed by atoms with Crippen LogP contribution in [0.4, 0.5) is 4.79 Å². The van der Waals surface area contributed by atoms with Gasteiger partial charge in [-0.1, -0.05) is 18.2 Å². The quantitative estimate of drug-likeness (QED) is 0.638. The molecule has 25 heavy (non-hydrogen) atoms. The summed E-state index contributed by atoms with van der Waals surface area (Å²) in [5.74, 6) is -2.32. The number of imide groups is 2. The molecule has 4 amide bonds. The van der Waals surface area contributed by atoms with Crippen LogP contribution in [0.5, 0.6) is 0 Å². The fourth-order valence-corrected chi connectivity index (χ4v) is 2.27. The van der Waals surface area contributed by atoms with Crippen LogP contribution in [0.1, 0.15) is 16.1 Å². The van der Waals surface area contributed by atoms with Crippen LogP contribution in [0.2, 0.25) is 0 Å². The molecular formula is C17H11N2O6-. The van der Waals surface area contributed by atoms with Crippen molar-refractivity contribution in [3.05, 3.63) is 53.3 Å². The van der Waals surface area contributed by atoms with Crippen molar-refractivity contribution >= 4 is 29.9 Å². The Morgan fingerprint density at radius 3 is 2.68 bits per heavy atom. The molecule has 0 saturated carbocycles. The van der Waals surface area contributed by atoms with Gasteiger partial charge in [0, 0.05) is 12.6 Å². The van der Waals surface area contributed by atoms with E-state index in [9.17, 15) is 24.3 Å². The van der Waals surface area contributed by atoms with E-state index in [-0.39, 0.29) is 16.9 Å². The van der Waals surface area contributed by atoms with Crippen LogP contribution < -0.4 is 10.4 Å².